The van der Waals surface area contributed by atoms with Gasteiger partial charge in [0.25, 0.3) is 0 Å². The minimum absolute atomic E-state index is 0.219. The molecule has 0 amide bonds. The van der Waals surface area contributed by atoms with Crippen molar-refractivity contribution < 1.29 is 0 Å². The van der Waals surface area contributed by atoms with Crippen LogP contribution >= 0.6 is 0 Å². The highest BCUT2D eigenvalue weighted by atomic mass is 15.2. The van der Waals surface area contributed by atoms with E-state index in [4.69, 9.17) is 0 Å². The molecule has 1 aliphatic rings. The number of hydrogen-bond acceptors (Lipinski definition) is 1. The molecule has 0 radical (unpaired) electrons. The Morgan fingerprint density at radius 3 is 2.57 bits per heavy atom. The van der Waals surface area contributed by atoms with Gasteiger partial charge >= 0.3 is 0 Å². The lowest BCUT2D eigenvalue weighted by molar-refractivity contribution is 0.103. The second-order valence-electron chi connectivity index (χ2n) is 4.82. The fourth-order valence-electron chi connectivity index (χ4n) is 2.53. The van der Waals surface area contributed by atoms with E-state index in [0.29, 0.717) is 5.92 Å². The lowest BCUT2D eigenvalue weighted by Gasteiger charge is -2.37. The van der Waals surface area contributed by atoms with Crippen LogP contribution in [-0.2, 0) is 12.1 Å². The zero-order valence-electron chi connectivity index (χ0n) is 9.54. The van der Waals surface area contributed by atoms with Crippen LogP contribution in [0.1, 0.15) is 31.9 Å². The molecule has 14 heavy (non-hydrogen) atoms. The topological polar surface area (TPSA) is 3.24 Å². The summed E-state index contributed by atoms with van der Waals surface area (Å²) in [5, 5.41) is 0. The van der Waals surface area contributed by atoms with E-state index >= 15 is 0 Å². The van der Waals surface area contributed by atoms with Crippen LogP contribution in [0, 0.1) is 5.92 Å². The third-order valence-corrected chi connectivity index (χ3v) is 3.89. The summed E-state index contributed by atoms with van der Waals surface area (Å²) in [5.74, 6) is 0.649. The van der Waals surface area contributed by atoms with Crippen LogP contribution in [-0.4, -0.2) is 11.9 Å². The van der Waals surface area contributed by atoms with Crippen molar-refractivity contribution in [2.75, 3.05) is 7.05 Å². The van der Waals surface area contributed by atoms with Crippen molar-refractivity contribution in [3.05, 3.63) is 35.4 Å². The van der Waals surface area contributed by atoms with Crippen LogP contribution in [0.15, 0.2) is 24.3 Å². The Morgan fingerprint density at radius 1 is 1.29 bits per heavy atom. The normalized spacial score (nSPS) is 26.9. The van der Waals surface area contributed by atoms with Crippen molar-refractivity contribution in [2.45, 2.75) is 32.9 Å². The van der Waals surface area contributed by atoms with Gasteiger partial charge in [0.05, 0.1) is 0 Å². The molecule has 0 fully saturated rings. The summed E-state index contributed by atoms with van der Waals surface area (Å²) in [5.41, 5.74) is 3.22. The molecule has 1 aromatic rings. The maximum absolute atomic E-state index is 2.46. The number of nitrogens with zero attached hydrogens (tertiary/aromatic N) is 1. The van der Waals surface area contributed by atoms with Gasteiger partial charge in [-0.15, -0.1) is 0 Å². The molecular weight excluding hydrogens is 170 g/mol. The molecule has 0 bridgehead atoms. The van der Waals surface area contributed by atoms with Gasteiger partial charge in [-0.25, -0.2) is 0 Å². The second-order valence-corrected chi connectivity index (χ2v) is 4.82. The standard InChI is InChI=1S/C13H19N/c1-10(2)13(3)12-8-6-5-7-11(12)9-14(13)4/h5-8,10H,9H2,1-4H3. The maximum Gasteiger partial charge on any atom is 0.0459 e. The number of benzene rings is 1. The first-order chi connectivity index (χ1) is 6.56. The highest BCUT2D eigenvalue weighted by molar-refractivity contribution is 5.37. The van der Waals surface area contributed by atoms with E-state index < -0.39 is 0 Å². The highest BCUT2D eigenvalue weighted by Gasteiger charge is 2.40. The largest absolute Gasteiger partial charge is 0.292 e. The molecule has 1 aliphatic heterocycles. The maximum atomic E-state index is 2.46. The zero-order valence-corrected chi connectivity index (χ0v) is 9.54. The number of fused-ring (bicyclic) bond motifs is 1. The van der Waals surface area contributed by atoms with Gasteiger partial charge in [0, 0.05) is 12.1 Å². The summed E-state index contributed by atoms with van der Waals surface area (Å²) in [6.07, 6.45) is 0. The molecule has 1 nitrogen and oxygen atoms in total. The number of hydrogen-bond donors (Lipinski definition) is 0. The molecule has 0 aromatic heterocycles. The van der Waals surface area contributed by atoms with Gasteiger partial charge in [0.1, 0.15) is 0 Å². The lowest BCUT2D eigenvalue weighted by atomic mass is 9.82. The van der Waals surface area contributed by atoms with Crippen LogP contribution in [0.4, 0.5) is 0 Å². The first-order valence-electron chi connectivity index (χ1n) is 5.36. The Balaban J connectivity index is 2.54. The van der Waals surface area contributed by atoms with E-state index in [0.717, 1.165) is 6.54 Å². The lowest BCUT2D eigenvalue weighted by Crippen LogP contribution is -2.39. The Bertz CT molecular complexity index is 343. The molecule has 2 rings (SSSR count). The average molecular weight is 189 g/mol. The molecule has 0 saturated carbocycles. The molecule has 1 heteroatoms. The molecule has 0 spiro atoms. The van der Waals surface area contributed by atoms with E-state index in [2.05, 4.69) is 57.0 Å². The van der Waals surface area contributed by atoms with Crippen LogP contribution < -0.4 is 0 Å². The fraction of sp³-hybridized carbons (Fsp3) is 0.538. The average Bonchev–Trinajstić information content (AvgIpc) is 2.41. The van der Waals surface area contributed by atoms with Crippen molar-refractivity contribution in [3.63, 3.8) is 0 Å². The molecule has 1 heterocycles. The van der Waals surface area contributed by atoms with Crippen molar-refractivity contribution in [3.8, 4) is 0 Å². The van der Waals surface area contributed by atoms with Gasteiger partial charge in [0.2, 0.25) is 0 Å². The first kappa shape index (κ1) is 9.72. The van der Waals surface area contributed by atoms with Crippen LogP contribution in [0.2, 0.25) is 0 Å². The van der Waals surface area contributed by atoms with Crippen LogP contribution in [0.25, 0.3) is 0 Å². The van der Waals surface area contributed by atoms with Crippen molar-refractivity contribution >= 4 is 0 Å². The van der Waals surface area contributed by atoms with Crippen LogP contribution in [0.5, 0.6) is 0 Å². The van der Waals surface area contributed by atoms with Crippen molar-refractivity contribution in [1.29, 1.82) is 0 Å². The van der Waals surface area contributed by atoms with Crippen molar-refractivity contribution in [2.24, 2.45) is 5.92 Å². The predicted molar refractivity (Wildman–Crippen MR) is 60.1 cm³/mol. The van der Waals surface area contributed by atoms with E-state index in [1.807, 2.05) is 0 Å². The fourth-order valence-corrected chi connectivity index (χ4v) is 2.53. The van der Waals surface area contributed by atoms with Crippen LogP contribution in [0.3, 0.4) is 0 Å². The van der Waals surface area contributed by atoms with Gasteiger partial charge in [-0.2, -0.15) is 0 Å². The van der Waals surface area contributed by atoms with Gasteiger partial charge in [-0.3, -0.25) is 4.90 Å². The highest BCUT2D eigenvalue weighted by Crippen LogP contribution is 2.42. The molecule has 1 aromatic carbocycles. The van der Waals surface area contributed by atoms with Gasteiger partial charge < -0.3 is 0 Å². The molecule has 76 valence electrons. The van der Waals surface area contributed by atoms with E-state index in [1.165, 1.54) is 11.1 Å². The summed E-state index contributed by atoms with van der Waals surface area (Å²) >= 11 is 0. The monoisotopic (exact) mass is 189 g/mol. The van der Waals surface area contributed by atoms with Crippen molar-refractivity contribution in [1.82, 2.24) is 4.90 Å². The minimum Gasteiger partial charge on any atom is -0.292 e. The molecule has 1 atom stereocenters. The molecule has 0 saturated heterocycles. The third-order valence-electron chi connectivity index (χ3n) is 3.89. The summed E-state index contributed by atoms with van der Waals surface area (Å²) < 4.78 is 0. The quantitative estimate of drug-likeness (QED) is 0.656. The minimum atomic E-state index is 0.219. The van der Waals surface area contributed by atoms with Gasteiger partial charge in [-0.1, -0.05) is 38.1 Å². The van der Waals surface area contributed by atoms with Gasteiger partial charge in [0.15, 0.2) is 0 Å². The summed E-state index contributed by atoms with van der Waals surface area (Å²) in [7, 11) is 2.22. The Hall–Kier alpha value is -0.820. The van der Waals surface area contributed by atoms with E-state index in [1.54, 1.807) is 0 Å². The molecule has 1 unspecified atom stereocenters. The summed E-state index contributed by atoms with van der Waals surface area (Å²) in [4.78, 5) is 2.46. The predicted octanol–water partition coefficient (Wildman–Crippen LogP) is 3.00. The molecule has 0 N–H and O–H groups in total. The second kappa shape index (κ2) is 3.09. The molecule has 0 aliphatic carbocycles. The first-order valence-corrected chi connectivity index (χ1v) is 5.36. The molecular formula is C13H19N. The Labute approximate surface area is 86.7 Å². The third kappa shape index (κ3) is 1.12. The Morgan fingerprint density at radius 2 is 1.93 bits per heavy atom. The zero-order chi connectivity index (χ0) is 10.3. The summed E-state index contributed by atoms with van der Waals surface area (Å²) in [6.45, 7) is 8.05. The number of rotatable bonds is 1. The SMILES string of the molecule is CC(C)C1(C)c2ccccc2CN1C. The summed E-state index contributed by atoms with van der Waals surface area (Å²) in [6, 6.07) is 8.82. The Kier molecular flexibility index (Phi) is 2.15. The van der Waals surface area contributed by atoms with Gasteiger partial charge in [-0.05, 0) is 31.0 Å². The smallest absolute Gasteiger partial charge is 0.0459 e. The van der Waals surface area contributed by atoms with E-state index in [-0.39, 0.29) is 5.54 Å². The van der Waals surface area contributed by atoms with E-state index in [9.17, 15) is 0 Å².